The zero-order valence-corrected chi connectivity index (χ0v) is 10.3. The lowest BCUT2D eigenvalue weighted by Gasteiger charge is -2.07. The summed E-state index contributed by atoms with van der Waals surface area (Å²) >= 11 is 0. The molecule has 0 saturated heterocycles. The van der Waals surface area contributed by atoms with E-state index >= 15 is 0 Å². The molecule has 0 aliphatic heterocycles. The molecule has 1 heterocycles. The molecule has 82 valence electrons. The van der Waals surface area contributed by atoms with Crippen molar-refractivity contribution in [1.29, 1.82) is 0 Å². The summed E-state index contributed by atoms with van der Waals surface area (Å²) in [6, 6.07) is 2.18. The van der Waals surface area contributed by atoms with E-state index < -0.39 is 0 Å². The zero-order valence-electron chi connectivity index (χ0n) is 10.3. The largest absolute Gasteiger partial charge is 0.466 e. The van der Waals surface area contributed by atoms with Crippen LogP contribution in [0.2, 0.25) is 0 Å². The molecule has 1 aromatic heterocycles. The van der Waals surface area contributed by atoms with Crippen LogP contribution >= 0.6 is 0 Å². The van der Waals surface area contributed by atoms with Crippen LogP contribution in [0, 0.1) is 6.92 Å². The van der Waals surface area contributed by atoms with Crippen LogP contribution in [0.4, 0.5) is 0 Å². The lowest BCUT2D eigenvalue weighted by molar-refractivity contribution is 0.458. The van der Waals surface area contributed by atoms with Crippen LogP contribution in [0.1, 0.15) is 57.6 Å². The highest BCUT2D eigenvalue weighted by Gasteiger charge is 2.12. The third kappa shape index (κ3) is 3.57. The second-order valence-electron chi connectivity index (χ2n) is 3.01. The molecule has 0 atom stereocenters. The number of hydrogen-bond acceptors (Lipinski definition) is 1. The van der Waals surface area contributed by atoms with Gasteiger partial charge in [0.1, 0.15) is 11.5 Å². The van der Waals surface area contributed by atoms with Gasteiger partial charge in [0.25, 0.3) is 0 Å². The molecule has 1 aliphatic carbocycles. The fourth-order valence-electron chi connectivity index (χ4n) is 1.64. The van der Waals surface area contributed by atoms with Crippen molar-refractivity contribution in [2.24, 2.45) is 0 Å². The van der Waals surface area contributed by atoms with E-state index in [1.54, 1.807) is 0 Å². The number of furan rings is 1. The van der Waals surface area contributed by atoms with Crippen molar-refractivity contribution in [3.63, 3.8) is 0 Å². The molecule has 0 aromatic carbocycles. The van der Waals surface area contributed by atoms with E-state index in [1.807, 2.05) is 34.6 Å². The average molecular weight is 196 g/mol. The summed E-state index contributed by atoms with van der Waals surface area (Å²) in [7, 11) is 0. The van der Waals surface area contributed by atoms with Gasteiger partial charge in [-0.25, -0.2) is 0 Å². The summed E-state index contributed by atoms with van der Waals surface area (Å²) < 4.78 is 5.51. The molecule has 0 N–H and O–H groups in total. The first-order valence-corrected chi connectivity index (χ1v) is 5.94. The van der Waals surface area contributed by atoms with E-state index in [9.17, 15) is 0 Å². The van der Waals surface area contributed by atoms with Gasteiger partial charge in [0.05, 0.1) is 0 Å². The number of fused-ring (bicyclic) bond motifs is 1. The molecule has 1 nitrogen and oxygen atoms in total. The number of aryl methyl sites for hydroxylation is 3. The van der Waals surface area contributed by atoms with Crippen molar-refractivity contribution in [2.45, 2.75) is 60.3 Å². The minimum absolute atomic E-state index is 1.08. The quantitative estimate of drug-likeness (QED) is 0.594. The summed E-state index contributed by atoms with van der Waals surface area (Å²) in [6.07, 6.45) is 5.03. The van der Waals surface area contributed by atoms with Gasteiger partial charge >= 0.3 is 0 Å². The van der Waals surface area contributed by atoms with Crippen LogP contribution < -0.4 is 0 Å². The first-order chi connectivity index (χ1) is 6.86. The summed E-state index contributed by atoms with van der Waals surface area (Å²) in [5, 5.41) is 0. The van der Waals surface area contributed by atoms with Crippen LogP contribution in [0.25, 0.3) is 0 Å². The third-order valence-electron chi connectivity index (χ3n) is 2.12. The second kappa shape index (κ2) is 7.66. The van der Waals surface area contributed by atoms with E-state index in [0.29, 0.717) is 0 Å². The zero-order chi connectivity index (χ0) is 11.0. The lowest BCUT2D eigenvalue weighted by atomic mass is 9.99. The molecule has 2 rings (SSSR count). The smallest absolute Gasteiger partial charge is 0.107 e. The van der Waals surface area contributed by atoms with Gasteiger partial charge in [0, 0.05) is 6.42 Å². The monoisotopic (exact) mass is 196 g/mol. The second-order valence-corrected chi connectivity index (χ2v) is 3.01. The molecule has 0 unspecified atom stereocenters. The summed E-state index contributed by atoms with van der Waals surface area (Å²) in [6.45, 7) is 10.0. The Morgan fingerprint density at radius 1 is 1.00 bits per heavy atom. The molecule has 1 aromatic rings. The van der Waals surface area contributed by atoms with Gasteiger partial charge in [-0.15, -0.1) is 0 Å². The van der Waals surface area contributed by atoms with E-state index in [2.05, 4.69) is 6.07 Å². The molecule has 1 heteroatoms. The maximum atomic E-state index is 5.51. The Morgan fingerprint density at radius 2 is 1.57 bits per heavy atom. The highest BCUT2D eigenvalue weighted by Crippen LogP contribution is 2.23. The van der Waals surface area contributed by atoms with E-state index in [1.165, 1.54) is 30.6 Å². The fraction of sp³-hybridized carbons (Fsp3) is 0.692. The van der Waals surface area contributed by atoms with Gasteiger partial charge in [-0.3, -0.25) is 0 Å². The van der Waals surface area contributed by atoms with Crippen molar-refractivity contribution in [1.82, 2.24) is 0 Å². The summed E-state index contributed by atoms with van der Waals surface area (Å²) in [4.78, 5) is 0. The Morgan fingerprint density at radius 3 is 2.14 bits per heavy atom. The molecule has 0 amide bonds. The number of rotatable bonds is 0. The minimum atomic E-state index is 1.08. The minimum Gasteiger partial charge on any atom is -0.466 e. The maximum absolute atomic E-state index is 5.51. The third-order valence-corrected chi connectivity index (χ3v) is 2.12. The van der Waals surface area contributed by atoms with Crippen LogP contribution in [0.5, 0.6) is 0 Å². The molecular formula is C13H24O. The molecule has 0 fully saturated rings. The molecular weight excluding hydrogens is 172 g/mol. The normalized spacial score (nSPS) is 12.9. The van der Waals surface area contributed by atoms with Crippen LogP contribution in [-0.4, -0.2) is 0 Å². The van der Waals surface area contributed by atoms with Crippen molar-refractivity contribution in [2.75, 3.05) is 0 Å². The van der Waals surface area contributed by atoms with Crippen molar-refractivity contribution in [3.05, 3.63) is 23.2 Å². The first kappa shape index (κ1) is 13.3. The van der Waals surface area contributed by atoms with Crippen LogP contribution in [-0.2, 0) is 12.8 Å². The van der Waals surface area contributed by atoms with Gasteiger partial charge in [-0.2, -0.15) is 0 Å². The van der Waals surface area contributed by atoms with Gasteiger partial charge in [-0.1, -0.05) is 27.7 Å². The Bertz CT molecular complexity index is 212. The predicted octanol–water partition coefficient (Wildman–Crippen LogP) is 4.52. The Kier molecular flexibility index (Phi) is 7.27. The molecule has 0 spiro atoms. The summed E-state index contributed by atoms with van der Waals surface area (Å²) in [5.41, 5.74) is 1.45. The Hall–Kier alpha value is -0.720. The van der Waals surface area contributed by atoms with Gasteiger partial charge in [0.2, 0.25) is 0 Å². The SMILES string of the molecule is CC.CC.Cc1cc2c(o1)CCCC2. The maximum Gasteiger partial charge on any atom is 0.107 e. The van der Waals surface area contributed by atoms with E-state index in [-0.39, 0.29) is 0 Å². The molecule has 1 aliphatic rings. The molecule has 0 radical (unpaired) electrons. The van der Waals surface area contributed by atoms with Crippen molar-refractivity contribution in [3.8, 4) is 0 Å². The number of hydrogen-bond donors (Lipinski definition) is 0. The van der Waals surface area contributed by atoms with E-state index in [0.717, 1.165) is 12.2 Å². The first-order valence-electron chi connectivity index (χ1n) is 5.94. The van der Waals surface area contributed by atoms with Gasteiger partial charge in [-0.05, 0) is 37.8 Å². The van der Waals surface area contributed by atoms with Crippen molar-refractivity contribution >= 4 is 0 Å². The Labute approximate surface area is 88.5 Å². The standard InChI is InChI=1S/C9H12O.2C2H6/c1-7-6-8-4-2-3-5-9(8)10-7;2*1-2/h6H,2-5H2,1H3;2*1-2H3. The average Bonchev–Trinajstić information content (AvgIpc) is 2.64. The molecule has 14 heavy (non-hydrogen) atoms. The fourth-order valence-corrected chi connectivity index (χ4v) is 1.64. The Balaban J connectivity index is 0.000000379. The van der Waals surface area contributed by atoms with E-state index in [4.69, 9.17) is 4.42 Å². The van der Waals surface area contributed by atoms with Crippen LogP contribution in [0.3, 0.4) is 0 Å². The van der Waals surface area contributed by atoms with Crippen molar-refractivity contribution < 1.29 is 4.42 Å². The molecule has 0 saturated carbocycles. The molecule has 0 bridgehead atoms. The predicted molar refractivity (Wildman–Crippen MR) is 62.8 cm³/mol. The summed E-state index contributed by atoms with van der Waals surface area (Å²) in [5.74, 6) is 2.32. The van der Waals surface area contributed by atoms with Gasteiger partial charge in [0.15, 0.2) is 0 Å². The topological polar surface area (TPSA) is 13.1 Å². The van der Waals surface area contributed by atoms with Gasteiger partial charge < -0.3 is 4.42 Å². The lowest BCUT2D eigenvalue weighted by Crippen LogP contribution is -1.97. The highest BCUT2D eigenvalue weighted by atomic mass is 16.3. The highest BCUT2D eigenvalue weighted by molar-refractivity contribution is 5.23. The van der Waals surface area contributed by atoms with Crippen LogP contribution in [0.15, 0.2) is 10.5 Å².